The monoisotopic (exact) mass is 509 g/mol. The van der Waals surface area contributed by atoms with E-state index in [0.717, 1.165) is 13.0 Å². The lowest BCUT2D eigenvalue weighted by Gasteiger charge is -2.24. The number of amides is 3. The smallest absolute Gasteiger partial charge is 0.326 e. The number of benzene rings is 1. The van der Waals surface area contributed by atoms with Crippen LogP contribution < -0.4 is 27.0 Å². The number of aliphatic carboxylic acids is 1. The zero-order valence-electron chi connectivity index (χ0n) is 19.5. The molecule has 35 heavy (non-hydrogen) atoms. The molecule has 4 unspecified atom stereocenters. The van der Waals surface area contributed by atoms with Crippen LogP contribution in [0.1, 0.15) is 37.7 Å². The summed E-state index contributed by atoms with van der Waals surface area (Å²) < 4.78 is 0. The van der Waals surface area contributed by atoms with Gasteiger partial charge in [0.05, 0.1) is 6.04 Å². The van der Waals surface area contributed by atoms with Crippen molar-refractivity contribution in [3.63, 3.8) is 0 Å². The number of thiol groups is 1. The van der Waals surface area contributed by atoms with Crippen molar-refractivity contribution in [3.8, 4) is 5.75 Å². The van der Waals surface area contributed by atoms with E-state index in [4.69, 9.17) is 5.73 Å². The first-order valence-electron chi connectivity index (χ1n) is 11.7. The van der Waals surface area contributed by atoms with Crippen LogP contribution in [-0.4, -0.2) is 76.9 Å². The van der Waals surface area contributed by atoms with Gasteiger partial charge in [-0.2, -0.15) is 12.6 Å². The summed E-state index contributed by atoms with van der Waals surface area (Å²) in [6, 6.07) is 2.41. The van der Waals surface area contributed by atoms with Gasteiger partial charge in [0.1, 0.15) is 23.9 Å². The lowest BCUT2D eigenvalue weighted by molar-refractivity contribution is -0.142. The molecule has 1 saturated heterocycles. The van der Waals surface area contributed by atoms with Gasteiger partial charge in [-0.1, -0.05) is 12.1 Å². The van der Waals surface area contributed by atoms with Crippen molar-refractivity contribution < 1.29 is 29.4 Å². The zero-order valence-corrected chi connectivity index (χ0v) is 20.4. The van der Waals surface area contributed by atoms with Crippen molar-refractivity contribution in [2.75, 3.05) is 18.8 Å². The first-order valence-corrected chi connectivity index (χ1v) is 12.3. The van der Waals surface area contributed by atoms with Crippen LogP contribution in [0.15, 0.2) is 24.3 Å². The molecule has 0 aromatic heterocycles. The molecule has 2 rings (SSSR count). The minimum atomic E-state index is -1.24. The minimum Gasteiger partial charge on any atom is -0.508 e. The van der Waals surface area contributed by atoms with E-state index in [1.165, 1.54) is 12.1 Å². The van der Waals surface area contributed by atoms with E-state index in [1.54, 1.807) is 12.1 Å². The van der Waals surface area contributed by atoms with E-state index >= 15 is 0 Å². The molecule has 4 atom stereocenters. The summed E-state index contributed by atoms with van der Waals surface area (Å²) in [5.41, 5.74) is 6.16. The van der Waals surface area contributed by atoms with Gasteiger partial charge in [0.2, 0.25) is 17.7 Å². The molecule has 0 spiro atoms. The standard InChI is InChI=1S/C23H35N5O6S/c24-10-2-1-4-17(26-22(32)19(13-35)28-20(30)16-5-3-11-25-16)21(31)27-18(23(33)34)12-14-6-8-15(29)9-7-14/h6-9,16-19,25,29,35H,1-5,10-13,24H2,(H,26,32)(H,27,31)(H,28,30)(H,33,34). The molecule has 0 bridgehead atoms. The van der Waals surface area contributed by atoms with Gasteiger partial charge in [0.25, 0.3) is 0 Å². The third-order valence-electron chi connectivity index (χ3n) is 5.76. The highest BCUT2D eigenvalue weighted by atomic mass is 32.1. The Balaban J connectivity index is 2.05. The zero-order chi connectivity index (χ0) is 25.8. The SMILES string of the molecule is NCCCCC(NC(=O)C(CS)NC(=O)C1CCCN1)C(=O)NC(Cc1ccc(O)cc1)C(=O)O. The van der Waals surface area contributed by atoms with Crippen LogP contribution in [-0.2, 0) is 25.6 Å². The lowest BCUT2D eigenvalue weighted by atomic mass is 10.0. The Morgan fingerprint density at radius 3 is 2.26 bits per heavy atom. The molecule has 1 aromatic rings. The summed E-state index contributed by atoms with van der Waals surface area (Å²) >= 11 is 4.17. The fourth-order valence-electron chi connectivity index (χ4n) is 3.75. The summed E-state index contributed by atoms with van der Waals surface area (Å²) in [6.07, 6.45) is 2.94. The second-order valence-corrected chi connectivity index (χ2v) is 8.87. The Morgan fingerprint density at radius 2 is 1.69 bits per heavy atom. The number of carbonyl (C=O) groups excluding carboxylic acids is 3. The van der Waals surface area contributed by atoms with Gasteiger partial charge >= 0.3 is 5.97 Å². The van der Waals surface area contributed by atoms with Crippen LogP contribution in [0.3, 0.4) is 0 Å². The van der Waals surface area contributed by atoms with Crippen molar-refractivity contribution in [2.24, 2.45) is 5.73 Å². The molecule has 11 nitrogen and oxygen atoms in total. The number of carboxylic acid groups (broad SMARTS) is 1. The van der Waals surface area contributed by atoms with Gasteiger partial charge in [-0.15, -0.1) is 0 Å². The van der Waals surface area contributed by atoms with Crippen LogP contribution in [0.5, 0.6) is 5.75 Å². The molecule has 1 heterocycles. The van der Waals surface area contributed by atoms with Gasteiger partial charge in [-0.05, 0) is 62.9 Å². The highest BCUT2D eigenvalue weighted by Gasteiger charge is 2.30. The first-order chi connectivity index (χ1) is 16.7. The van der Waals surface area contributed by atoms with Crippen molar-refractivity contribution >= 4 is 36.3 Å². The summed E-state index contributed by atoms with van der Waals surface area (Å²) in [7, 11) is 0. The molecular formula is C23H35N5O6S. The molecule has 1 aliphatic rings. The van der Waals surface area contributed by atoms with E-state index in [0.29, 0.717) is 31.4 Å². The van der Waals surface area contributed by atoms with Crippen molar-refractivity contribution in [2.45, 2.75) is 62.7 Å². The number of rotatable bonds is 14. The average molecular weight is 510 g/mol. The lowest BCUT2D eigenvalue weighted by Crippen LogP contribution is -2.57. The normalized spacial score (nSPS) is 17.7. The number of aromatic hydroxyl groups is 1. The number of hydrogen-bond donors (Lipinski definition) is 8. The predicted octanol–water partition coefficient (Wildman–Crippen LogP) is -0.715. The molecular weight excluding hydrogens is 474 g/mol. The van der Waals surface area contributed by atoms with Gasteiger partial charge < -0.3 is 37.2 Å². The van der Waals surface area contributed by atoms with Crippen LogP contribution in [0, 0.1) is 0 Å². The van der Waals surface area contributed by atoms with Crippen LogP contribution >= 0.6 is 12.6 Å². The topological polar surface area (TPSA) is 183 Å². The molecule has 1 fully saturated rings. The molecule has 1 aliphatic heterocycles. The third kappa shape index (κ3) is 9.38. The van der Waals surface area contributed by atoms with E-state index in [9.17, 15) is 29.4 Å². The fraction of sp³-hybridized carbons (Fsp3) is 0.565. The average Bonchev–Trinajstić information content (AvgIpc) is 3.37. The second-order valence-electron chi connectivity index (χ2n) is 8.51. The molecule has 3 amide bonds. The highest BCUT2D eigenvalue weighted by molar-refractivity contribution is 7.80. The van der Waals surface area contributed by atoms with E-state index < -0.39 is 35.9 Å². The summed E-state index contributed by atoms with van der Waals surface area (Å²) in [6.45, 7) is 1.14. The Hall–Kier alpha value is -2.83. The number of phenols is 1. The molecule has 12 heteroatoms. The molecule has 1 aromatic carbocycles. The van der Waals surface area contributed by atoms with E-state index in [-0.39, 0.29) is 36.3 Å². The maximum absolute atomic E-state index is 13.0. The van der Waals surface area contributed by atoms with Gasteiger partial charge in [0.15, 0.2) is 0 Å². The number of phenolic OH excluding ortho intramolecular Hbond substituents is 1. The van der Waals surface area contributed by atoms with Crippen LogP contribution in [0.4, 0.5) is 0 Å². The highest BCUT2D eigenvalue weighted by Crippen LogP contribution is 2.12. The maximum Gasteiger partial charge on any atom is 0.326 e. The summed E-state index contributed by atoms with van der Waals surface area (Å²) in [5.74, 6) is -2.70. The Kier molecular flexibility index (Phi) is 11.8. The largest absolute Gasteiger partial charge is 0.508 e. The number of nitrogens with one attached hydrogen (secondary N) is 4. The summed E-state index contributed by atoms with van der Waals surface area (Å²) in [5, 5.41) is 29.9. The number of hydrogen-bond acceptors (Lipinski definition) is 8. The number of carbonyl (C=O) groups is 4. The first kappa shape index (κ1) is 28.4. The van der Waals surface area contributed by atoms with Crippen molar-refractivity contribution in [3.05, 3.63) is 29.8 Å². The van der Waals surface area contributed by atoms with E-state index in [1.807, 2.05) is 0 Å². The summed E-state index contributed by atoms with van der Waals surface area (Å²) in [4.78, 5) is 50.1. The van der Waals surface area contributed by atoms with Gasteiger partial charge in [0, 0.05) is 12.2 Å². The van der Waals surface area contributed by atoms with Crippen LogP contribution in [0.25, 0.3) is 0 Å². The van der Waals surface area contributed by atoms with Crippen molar-refractivity contribution in [1.82, 2.24) is 21.3 Å². The van der Waals surface area contributed by atoms with Crippen LogP contribution in [0.2, 0.25) is 0 Å². The quantitative estimate of drug-likeness (QED) is 0.119. The number of unbranched alkanes of at least 4 members (excludes halogenated alkanes) is 1. The van der Waals surface area contributed by atoms with Gasteiger partial charge in [-0.25, -0.2) is 4.79 Å². The second kappa shape index (κ2) is 14.5. The minimum absolute atomic E-state index is 0.00543. The Labute approximate surface area is 210 Å². The third-order valence-corrected chi connectivity index (χ3v) is 6.13. The molecule has 8 N–H and O–H groups in total. The predicted molar refractivity (Wildman–Crippen MR) is 133 cm³/mol. The van der Waals surface area contributed by atoms with Crippen molar-refractivity contribution in [1.29, 1.82) is 0 Å². The number of carboxylic acids is 1. The molecule has 0 saturated carbocycles. The fourth-order valence-corrected chi connectivity index (χ4v) is 4.01. The maximum atomic E-state index is 13.0. The Morgan fingerprint density at radius 1 is 1.03 bits per heavy atom. The number of nitrogens with two attached hydrogens (primary N) is 1. The molecule has 194 valence electrons. The van der Waals surface area contributed by atoms with E-state index in [2.05, 4.69) is 33.9 Å². The molecule has 0 radical (unpaired) electrons. The van der Waals surface area contributed by atoms with Gasteiger partial charge in [-0.3, -0.25) is 14.4 Å². The molecule has 0 aliphatic carbocycles. The Bertz CT molecular complexity index is 862.